The molecule has 5 nitrogen and oxygen atoms in total. The number of aromatic nitrogens is 1. The second-order valence-corrected chi connectivity index (χ2v) is 7.73. The van der Waals surface area contributed by atoms with Crippen molar-refractivity contribution in [3.63, 3.8) is 0 Å². The highest BCUT2D eigenvalue weighted by Gasteiger charge is 2.17. The van der Waals surface area contributed by atoms with Crippen molar-refractivity contribution in [2.45, 2.75) is 13.0 Å². The third-order valence-corrected chi connectivity index (χ3v) is 5.07. The SMILES string of the molecule is Cc1cc(-c2cc(Br)cnc2N)ccc1C(=O)NC(CO)c1cccc(Cl)c1. The molecule has 0 spiro atoms. The molecular formula is C21H19BrClN3O2. The van der Waals surface area contributed by atoms with Gasteiger partial charge < -0.3 is 16.2 Å². The fourth-order valence-electron chi connectivity index (χ4n) is 2.96. The van der Waals surface area contributed by atoms with Crippen LogP contribution in [0.3, 0.4) is 0 Å². The van der Waals surface area contributed by atoms with Crippen molar-refractivity contribution < 1.29 is 9.90 Å². The van der Waals surface area contributed by atoms with Crippen molar-refractivity contribution in [2.24, 2.45) is 0 Å². The molecule has 4 N–H and O–H groups in total. The Morgan fingerprint density at radius 1 is 1.29 bits per heavy atom. The number of carbonyl (C=O) groups excluding carboxylic acids is 1. The molecule has 0 fully saturated rings. The Hall–Kier alpha value is -2.41. The number of anilines is 1. The molecule has 1 aromatic heterocycles. The lowest BCUT2D eigenvalue weighted by Gasteiger charge is -2.18. The molecule has 0 aliphatic carbocycles. The Morgan fingerprint density at radius 3 is 2.75 bits per heavy atom. The van der Waals surface area contributed by atoms with Crippen LogP contribution < -0.4 is 11.1 Å². The molecule has 1 heterocycles. The molecule has 3 aromatic rings. The summed E-state index contributed by atoms with van der Waals surface area (Å²) < 4.78 is 0.823. The molecule has 0 aliphatic rings. The van der Waals surface area contributed by atoms with Gasteiger partial charge in [0.15, 0.2) is 0 Å². The van der Waals surface area contributed by atoms with E-state index in [1.54, 1.807) is 30.5 Å². The maximum absolute atomic E-state index is 12.8. The molecule has 1 unspecified atom stereocenters. The molecule has 7 heteroatoms. The van der Waals surface area contributed by atoms with Gasteiger partial charge >= 0.3 is 0 Å². The molecule has 1 atom stereocenters. The summed E-state index contributed by atoms with van der Waals surface area (Å²) in [6.45, 7) is 1.62. The van der Waals surface area contributed by atoms with Crippen LogP contribution in [-0.2, 0) is 0 Å². The Bertz CT molecular complexity index is 1030. The van der Waals surface area contributed by atoms with Gasteiger partial charge in [-0.3, -0.25) is 4.79 Å². The number of amides is 1. The topological polar surface area (TPSA) is 88.2 Å². The van der Waals surface area contributed by atoms with E-state index >= 15 is 0 Å². The number of nitrogen functional groups attached to an aromatic ring is 1. The van der Waals surface area contributed by atoms with E-state index in [9.17, 15) is 9.90 Å². The molecule has 28 heavy (non-hydrogen) atoms. The fraction of sp³-hybridized carbons (Fsp3) is 0.143. The predicted molar refractivity (Wildman–Crippen MR) is 115 cm³/mol. The molecule has 0 saturated carbocycles. The minimum Gasteiger partial charge on any atom is -0.394 e. The fourth-order valence-corrected chi connectivity index (χ4v) is 3.49. The number of carbonyl (C=O) groups is 1. The lowest BCUT2D eigenvalue weighted by Crippen LogP contribution is -2.31. The third kappa shape index (κ3) is 4.52. The van der Waals surface area contributed by atoms with Gasteiger partial charge in [-0.05, 0) is 63.8 Å². The Kier molecular flexibility index (Phi) is 6.34. The van der Waals surface area contributed by atoms with Crippen LogP contribution in [0.15, 0.2) is 59.2 Å². The van der Waals surface area contributed by atoms with Gasteiger partial charge in [-0.2, -0.15) is 0 Å². The molecule has 1 amide bonds. The zero-order chi connectivity index (χ0) is 20.3. The lowest BCUT2D eigenvalue weighted by molar-refractivity contribution is 0.0915. The molecule has 2 aromatic carbocycles. The highest BCUT2D eigenvalue weighted by atomic mass is 79.9. The van der Waals surface area contributed by atoms with Crippen LogP contribution >= 0.6 is 27.5 Å². The lowest BCUT2D eigenvalue weighted by atomic mass is 9.99. The normalized spacial score (nSPS) is 11.9. The summed E-state index contributed by atoms with van der Waals surface area (Å²) in [5, 5.41) is 13.1. The number of halogens is 2. The second kappa shape index (κ2) is 8.73. The molecule has 0 radical (unpaired) electrons. The number of benzene rings is 2. The standard InChI is InChI=1S/C21H19BrClN3O2/c1-12-7-13(18-9-15(22)10-25-20(18)24)5-6-17(12)21(28)26-19(11-27)14-3-2-4-16(23)8-14/h2-10,19,27H,11H2,1H3,(H2,24,25)(H,26,28). The molecule has 0 saturated heterocycles. The number of nitrogens with zero attached hydrogens (tertiary/aromatic N) is 1. The molecule has 144 valence electrons. The maximum atomic E-state index is 12.8. The highest BCUT2D eigenvalue weighted by Crippen LogP contribution is 2.29. The van der Waals surface area contributed by atoms with Gasteiger partial charge in [-0.15, -0.1) is 0 Å². The van der Waals surface area contributed by atoms with E-state index in [1.165, 1.54) is 0 Å². The third-order valence-electron chi connectivity index (χ3n) is 4.41. The minimum atomic E-state index is -0.546. The number of aliphatic hydroxyl groups is 1. The Balaban J connectivity index is 1.85. The highest BCUT2D eigenvalue weighted by molar-refractivity contribution is 9.10. The number of rotatable bonds is 5. The first-order chi connectivity index (χ1) is 13.4. The first-order valence-electron chi connectivity index (χ1n) is 8.58. The average molecular weight is 461 g/mol. The van der Waals surface area contributed by atoms with E-state index < -0.39 is 6.04 Å². The van der Waals surface area contributed by atoms with E-state index in [0.29, 0.717) is 16.4 Å². The van der Waals surface area contributed by atoms with Crippen LogP contribution in [0.1, 0.15) is 27.5 Å². The number of aliphatic hydroxyl groups excluding tert-OH is 1. The van der Waals surface area contributed by atoms with E-state index in [2.05, 4.69) is 26.2 Å². The molecule has 0 bridgehead atoms. The van der Waals surface area contributed by atoms with Gasteiger partial charge in [-0.1, -0.05) is 35.9 Å². The average Bonchev–Trinajstić information content (AvgIpc) is 2.67. The van der Waals surface area contributed by atoms with Crippen molar-refractivity contribution in [2.75, 3.05) is 12.3 Å². The summed E-state index contributed by atoms with van der Waals surface area (Å²) in [5.41, 5.74) is 9.69. The van der Waals surface area contributed by atoms with Crippen LogP contribution in [0.5, 0.6) is 0 Å². The van der Waals surface area contributed by atoms with E-state index in [-0.39, 0.29) is 12.5 Å². The number of nitrogens with two attached hydrogens (primary N) is 1. The Morgan fingerprint density at radius 2 is 2.07 bits per heavy atom. The molecular weight excluding hydrogens is 442 g/mol. The van der Waals surface area contributed by atoms with E-state index in [4.69, 9.17) is 17.3 Å². The Labute approximate surface area is 176 Å². The van der Waals surface area contributed by atoms with Crippen LogP contribution in [0.25, 0.3) is 11.1 Å². The van der Waals surface area contributed by atoms with Crippen LogP contribution in [0.4, 0.5) is 5.82 Å². The zero-order valence-electron chi connectivity index (χ0n) is 15.1. The van der Waals surface area contributed by atoms with Crippen molar-refractivity contribution in [1.29, 1.82) is 0 Å². The second-order valence-electron chi connectivity index (χ2n) is 6.38. The smallest absolute Gasteiger partial charge is 0.252 e. The van der Waals surface area contributed by atoms with E-state index in [1.807, 2.05) is 31.2 Å². The van der Waals surface area contributed by atoms with Gasteiger partial charge in [0.25, 0.3) is 5.91 Å². The predicted octanol–water partition coefficient (Wildman–Crippen LogP) is 4.52. The van der Waals surface area contributed by atoms with Gasteiger partial charge in [0.1, 0.15) is 5.82 Å². The van der Waals surface area contributed by atoms with Gasteiger partial charge in [0, 0.05) is 26.8 Å². The number of nitrogens with one attached hydrogen (secondary N) is 1. The van der Waals surface area contributed by atoms with Crippen LogP contribution in [0.2, 0.25) is 5.02 Å². The number of pyridine rings is 1. The molecule has 0 aliphatic heterocycles. The van der Waals surface area contributed by atoms with Crippen molar-refractivity contribution in [1.82, 2.24) is 10.3 Å². The monoisotopic (exact) mass is 459 g/mol. The summed E-state index contributed by atoms with van der Waals surface area (Å²) in [4.78, 5) is 16.9. The zero-order valence-corrected chi connectivity index (χ0v) is 17.5. The van der Waals surface area contributed by atoms with Crippen LogP contribution in [-0.4, -0.2) is 22.6 Å². The number of hydrogen-bond acceptors (Lipinski definition) is 4. The van der Waals surface area contributed by atoms with Crippen molar-refractivity contribution in [3.8, 4) is 11.1 Å². The van der Waals surface area contributed by atoms with Crippen molar-refractivity contribution in [3.05, 3.63) is 80.9 Å². The summed E-state index contributed by atoms with van der Waals surface area (Å²) in [5.74, 6) is 0.143. The summed E-state index contributed by atoms with van der Waals surface area (Å²) in [7, 11) is 0. The first kappa shape index (κ1) is 20.3. The number of hydrogen-bond donors (Lipinski definition) is 3. The van der Waals surface area contributed by atoms with Crippen molar-refractivity contribution >= 4 is 39.3 Å². The van der Waals surface area contributed by atoms with Crippen LogP contribution in [0, 0.1) is 6.92 Å². The number of aryl methyl sites for hydroxylation is 1. The quantitative estimate of drug-likeness (QED) is 0.522. The maximum Gasteiger partial charge on any atom is 0.252 e. The minimum absolute atomic E-state index is 0.233. The van der Waals surface area contributed by atoms with E-state index in [0.717, 1.165) is 26.7 Å². The van der Waals surface area contributed by atoms with Gasteiger partial charge in [-0.25, -0.2) is 4.98 Å². The summed E-state index contributed by atoms with van der Waals surface area (Å²) in [6.07, 6.45) is 1.64. The largest absolute Gasteiger partial charge is 0.394 e. The molecule has 3 rings (SSSR count). The summed E-state index contributed by atoms with van der Waals surface area (Å²) >= 11 is 9.41. The summed E-state index contributed by atoms with van der Waals surface area (Å²) in [6, 6.07) is 13.9. The van der Waals surface area contributed by atoms with Gasteiger partial charge in [0.05, 0.1) is 12.6 Å². The van der Waals surface area contributed by atoms with Gasteiger partial charge in [0.2, 0.25) is 0 Å². The first-order valence-corrected chi connectivity index (χ1v) is 9.75.